The third-order valence-corrected chi connectivity index (χ3v) is 3.82. The molecule has 1 aromatic carbocycles. The molecule has 2 rings (SSSR count). The molecule has 0 aliphatic rings. The molecule has 0 unspecified atom stereocenters. The molecule has 1 heterocycles. The van der Waals surface area contributed by atoms with E-state index < -0.39 is 21.0 Å². The van der Waals surface area contributed by atoms with E-state index in [0.717, 1.165) is 12.1 Å². The highest BCUT2D eigenvalue weighted by Gasteiger charge is 2.65. The summed E-state index contributed by atoms with van der Waals surface area (Å²) in [5, 5.41) is 0. The van der Waals surface area contributed by atoms with Gasteiger partial charge in [-0.05, 0) is 23.8 Å². The monoisotopic (exact) mass is 324 g/mol. The van der Waals surface area contributed by atoms with Crippen molar-refractivity contribution in [3.8, 4) is 11.1 Å². The lowest BCUT2D eigenvalue weighted by molar-refractivity contribution is 0.1000. The topological polar surface area (TPSA) is 56.0 Å². The number of carbonyl (C=O) groups excluding carboxylic acids is 1. The van der Waals surface area contributed by atoms with Crippen LogP contribution < -0.4 is 5.73 Å². The lowest BCUT2D eigenvalue weighted by Gasteiger charge is -2.40. The van der Waals surface area contributed by atoms with Crippen LogP contribution in [0.25, 0.3) is 11.1 Å². The summed E-state index contributed by atoms with van der Waals surface area (Å²) in [5.74, 6) is -0.756. The summed E-state index contributed by atoms with van der Waals surface area (Å²) in [4.78, 5) is 12.7. The predicted molar refractivity (Wildman–Crippen MR) is 69.6 cm³/mol. The first kappa shape index (κ1) is 15.2. The SMILES string of the molecule is NC(=O)c1cncc(-c2ccc(S(F)(F)(F)(F)F)cc2)c1. The van der Waals surface area contributed by atoms with Gasteiger partial charge in [0.2, 0.25) is 5.91 Å². The van der Waals surface area contributed by atoms with Gasteiger partial charge >= 0.3 is 10.2 Å². The number of rotatable bonds is 3. The molecule has 0 bridgehead atoms. The first-order chi connectivity index (χ1) is 9.36. The molecule has 1 amide bonds. The van der Waals surface area contributed by atoms with Crippen LogP contribution in [0.5, 0.6) is 0 Å². The van der Waals surface area contributed by atoms with Crippen molar-refractivity contribution < 1.29 is 24.2 Å². The number of nitrogens with two attached hydrogens (primary N) is 1. The van der Waals surface area contributed by atoms with Crippen LogP contribution in [0.2, 0.25) is 0 Å². The van der Waals surface area contributed by atoms with E-state index in [2.05, 4.69) is 4.98 Å². The van der Waals surface area contributed by atoms with Crippen LogP contribution in [0.4, 0.5) is 19.4 Å². The summed E-state index contributed by atoms with van der Waals surface area (Å²) in [6.45, 7) is 0. The van der Waals surface area contributed by atoms with Crippen molar-refractivity contribution in [3.05, 3.63) is 48.3 Å². The number of aromatic nitrogens is 1. The number of halogens is 5. The van der Waals surface area contributed by atoms with Crippen LogP contribution in [0.15, 0.2) is 47.6 Å². The largest absolute Gasteiger partial charge is 0.366 e. The first-order valence-electron chi connectivity index (χ1n) is 5.46. The third kappa shape index (κ3) is 3.48. The molecule has 114 valence electrons. The molecule has 21 heavy (non-hydrogen) atoms. The average molecular weight is 324 g/mol. The Morgan fingerprint density at radius 3 is 2.00 bits per heavy atom. The van der Waals surface area contributed by atoms with E-state index in [4.69, 9.17) is 5.73 Å². The van der Waals surface area contributed by atoms with E-state index in [1.165, 1.54) is 18.5 Å². The fourth-order valence-electron chi connectivity index (χ4n) is 1.64. The fraction of sp³-hybridized carbons (Fsp3) is 0. The number of primary amides is 1. The molecule has 0 saturated heterocycles. The maximum atomic E-state index is 12.6. The molecule has 0 atom stereocenters. The normalized spacial score (nSPS) is 15.1. The fourth-order valence-corrected chi connectivity index (χ4v) is 2.29. The van der Waals surface area contributed by atoms with E-state index >= 15 is 0 Å². The Balaban J connectivity index is 2.46. The van der Waals surface area contributed by atoms with Crippen LogP contribution in [-0.4, -0.2) is 10.9 Å². The Labute approximate surface area is 116 Å². The van der Waals surface area contributed by atoms with E-state index in [1.807, 2.05) is 0 Å². The van der Waals surface area contributed by atoms with Crippen molar-refractivity contribution >= 4 is 16.1 Å². The molecule has 2 N–H and O–H groups in total. The van der Waals surface area contributed by atoms with Gasteiger partial charge in [0.05, 0.1) is 5.56 Å². The molecule has 0 fully saturated rings. The Hall–Kier alpha value is -2.16. The van der Waals surface area contributed by atoms with Crippen molar-refractivity contribution in [2.75, 3.05) is 0 Å². The molecule has 0 radical (unpaired) electrons. The third-order valence-electron chi connectivity index (χ3n) is 2.66. The van der Waals surface area contributed by atoms with E-state index in [-0.39, 0.29) is 11.1 Å². The Bertz CT molecular complexity index is 713. The van der Waals surface area contributed by atoms with Crippen molar-refractivity contribution in [2.45, 2.75) is 4.90 Å². The number of hydrogen-bond acceptors (Lipinski definition) is 2. The second kappa shape index (κ2) is 3.94. The van der Waals surface area contributed by atoms with Crippen LogP contribution in [0.3, 0.4) is 0 Å². The minimum Gasteiger partial charge on any atom is -0.366 e. The Morgan fingerprint density at radius 2 is 1.52 bits per heavy atom. The zero-order valence-corrected chi connectivity index (χ0v) is 11.1. The molecule has 0 aliphatic heterocycles. The van der Waals surface area contributed by atoms with Crippen molar-refractivity contribution in [2.24, 2.45) is 5.73 Å². The van der Waals surface area contributed by atoms with Gasteiger partial charge in [-0.1, -0.05) is 31.6 Å². The van der Waals surface area contributed by atoms with Gasteiger partial charge in [-0.3, -0.25) is 9.78 Å². The van der Waals surface area contributed by atoms with Gasteiger partial charge in [-0.2, -0.15) is 0 Å². The first-order valence-corrected chi connectivity index (χ1v) is 7.41. The molecule has 0 spiro atoms. The number of benzene rings is 1. The molecule has 1 aromatic heterocycles. The summed E-state index contributed by atoms with van der Waals surface area (Å²) < 4.78 is 62.9. The number of hydrogen-bond donors (Lipinski definition) is 1. The molecule has 9 heteroatoms. The minimum absolute atomic E-state index is 0.0595. The zero-order valence-electron chi connectivity index (χ0n) is 10.3. The lowest BCUT2D eigenvalue weighted by atomic mass is 10.1. The second-order valence-corrected chi connectivity index (χ2v) is 6.73. The van der Waals surface area contributed by atoms with Gasteiger partial charge in [0.25, 0.3) is 0 Å². The molecule has 0 saturated carbocycles. The maximum Gasteiger partial charge on any atom is 0.310 e. The van der Waals surface area contributed by atoms with Crippen LogP contribution in [0.1, 0.15) is 10.4 Å². The highest BCUT2D eigenvalue weighted by molar-refractivity contribution is 8.45. The quantitative estimate of drug-likeness (QED) is 0.845. The highest BCUT2D eigenvalue weighted by Crippen LogP contribution is 3.02. The summed E-state index contributed by atoms with van der Waals surface area (Å²) in [6.07, 6.45) is 2.47. The predicted octanol–water partition coefficient (Wildman–Crippen LogP) is 4.50. The van der Waals surface area contributed by atoms with Gasteiger partial charge in [-0.15, -0.1) is 0 Å². The average Bonchev–Trinajstić information content (AvgIpc) is 2.36. The number of nitrogens with zero attached hydrogens (tertiary/aromatic N) is 1. The van der Waals surface area contributed by atoms with Crippen molar-refractivity contribution in [3.63, 3.8) is 0 Å². The summed E-state index contributed by atoms with van der Waals surface area (Å²) in [6, 6.07) is 3.68. The molecule has 0 aliphatic carbocycles. The van der Waals surface area contributed by atoms with Crippen molar-refractivity contribution in [1.29, 1.82) is 0 Å². The number of carbonyl (C=O) groups is 1. The van der Waals surface area contributed by atoms with E-state index in [1.54, 1.807) is 0 Å². The Morgan fingerprint density at radius 1 is 0.952 bits per heavy atom. The van der Waals surface area contributed by atoms with Gasteiger partial charge in [0.1, 0.15) is 4.90 Å². The molecular formula is C12H9F5N2OS. The van der Waals surface area contributed by atoms with Gasteiger partial charge in [0, 0.05) is 18.0 Å². The smallest absolute Gasteiger partial charge is 0.310 e. The standard InChI is InChI=1S/C12H9F5N2OS/c13-21(14,15,16,17)11-3-1-8(2-4-11)9-5-10(12(18)20)7-19-6-9/h1-7H,(H2,18,20). The molecule has 2 aromatic rings. The van der Waals surface area contributed by atoms with Crippen LogP contribution >= 0.6 is 10.2 Å². The second-order valence-electron chi connectivity index (χ2n) is 4.32. The van der Waals surface area contributed by atoms with Gasteiger partial charge in [-0.25, -0.2) is 0 Å². The number of amides is 1. The number of pyridine rings is 1. The Kier molecular flexibility index (Phi) is 2.86. The molecular weight excluding hydrogens is 315 g/mol. The van der Waals surface area contributed by atoms with Crippen LogP contribution in [-0.2, 0) is 0 Å². The van der Waals surface area contributed by atoms with Crippen LogP contribution in [0, 0.1) is 0 Å². The highest BCUT2D eigenvalue weighted by atomic mass is 32.5. The van der Waals surface area contributed by atoms with Gasteiger partial charge in [0.15, 0.2) is 0 Å². The summed E-state index contributed by atoms with van der Waals surface area (Å²) in [7, 11) is -9.68. The summed E-state index contributed by atoms with van der Waals surface area (Å²) in [5.41, 5.74) is 5.61. The minimum atomic E-state index is -9.68. The summed E-state index contributed by atoms with van der Waals surface area (Å²) >= 11 is 0. The van der Waals surface area contributed by atoms with E-state index in [0.29, 0.717) is 17.7 Å². The lowest BCUT2D eigenvalue weighted by Crippen LogP contribution is -2.11. The van der Waals surface area contributed by atoms with Gasteiger partial charge < -0.3 is 5.73 Å². The zero-order chi connectivity index (χ0) is 16.0. The van der Waals surface area contributed by atoms with Crippen molar-refractivity contribution in [1.82, 2.24) is 4.98 Å². The molecule has 3 nitrogen and oxygen atoms in total. The van der Waals surface area contributed by atoms with E-state index in [9.17, 15) is 24.2 Å². The maximum absolute atomic E-state index is 12.6.